The molecule has 2 aliphatic rings. The van der Waals surface area contributed by atoms with Crippen molar-refractivity contribution in [1.29, 1.82) is 0 Å². The van der Waals surface area contributed by atoms with Crippen LogP contribution in [0.25, 0.3) is 22.0 Å². The Bertz CT molecular complexity index is 3240. The van der Waals surface area contributed by atoms with E-state index in [0.29, 0.717) is 10.7 Å². The number of alkyl halides is 8. The van der Waals surface area contributed by atoms with Crippen LogP contribution in [0, 0.1) is 29.4 Å². The number of pyridine rings is 1. The lowest BCUT2D eigenvalue weighted by Gasteiger charge is -2.26. The molecule has 2 aromatic carbocycles. The van der Waals surface area contributed by atoms with E-state index in [0.717, 1.165) is 49.6 Å². The first-order valence-electron chi connectivity index (χ1n) is 20.9. The molecule has 386 valence electrons. The summed E-state index contributed by atoms with van der Waals surface area (Å²) in [4.78, 5) is 43.1. The van der Waals surface area contributed by atoms with Gasteiger partial charge in [-0.1, -0.05) is 23.6 Å². The third-order valence-electron chi connectivity index (χ3n) is 11.8. The van der Waals surface area contributed by atoms with Crippen molar-refractivity contribution in [3.63, 3.8) is 0 Å². The minimum Gasteiger partial charge on any atom is -0.755 e. The third kappa shape index (κ3) is 10.9. The smallest absolute Gasteiger partial charge is 0.435 e. The summed E-state index contributed by atoms with van der Waals surface area (Å²) in [5, 5.41) is 19.8. The summed E-state index contributed by atoms with van der Waals surface area (Å²) in [6.45, 7) is -0.947. The molecule has 0 spiro atoms. The number of carbonyl (C=O) groups excluding carboxylic acids is 2. The second-order valence-electron chi connectivity index (χ2n) is 17.4. The normalized spacial score (nSPS) is 17.6. The molecule has 5 atom stereocenters. The van der Waals surface area contributed by atoms with Crippen LogP contribution in [0.2, 0.25) is 5.02 Å². The molecule has 0 radical (unpaired) electrons. The Labute approximate surface area is 408 Å². The van der Waals surface area contributed by atoms with Crippen LogP contribution in [0.3, 0.4) is 0 Å². The number of benzene rings is 2. The van der Waals surface area contributed by atoms with Crippen molar-refractivity contribution in [3.8, 4) is 23.0 Å². The fraction of sp³-hybridized carbons (Fsp3) is 0.395. The average molecular weight is 1080 g/mol. The molecule has 3 N–H and O–H groups in total. The maximum Gasteiger partial charge on any atom is 0.435 e. The zero-order valence-electron chi connectivity index (χ0n) is 37.3. The van der Waals surface area contributed by atoms with Gasteiger partial charge >= 0.3 is 18.4 Å². The topological polar surface area (TPSA) is 222 Å². The molecule has 3 aromatic heterocycles. The number of amides is 3. The van der Waals surface area contributed by atoms with Crippen LogP contribution in [-0.2, 0) is 68.8 Å². The fourth-order valence-corrected chi connectivity index (χ4v) is 9.30. The van der Waals surface area contributed by atoms with E-state index in [1.165, 1.54) is 13.8 Å². The van der Waals surface area contributed by atoms with Crippen molar-refractivity contribution >= 4 is 61.5 Å². The van der Waals surface area contributed by atoms with Crippen LogP contribution in [0.5, 0.6) is 0 Å². The number of hydrogen-bond acceptors (Lipinski definition) is 10. The Morgan fingerprint density at radius 1 is 1.01 bits per heavy atom. The minimum atomic E-state index is -5.23. The maximum atomic E-state index is 15.6. The molecule has 0 aliphatic heterocycles. The second kappa shape index (κ2) is 18.9. The maximum absolute atomic E-state index is 15.6. The zero-order valence-corrected chi connectivity index (χ0v) is 39.7. The first kappa shape index (κ1) is 53.5. The number of fused-ring (bicyclic) bond motifs is 4. The molecule has 2 aliphatic carbocycles. The van der Waals surface area contributed by atoms with Gasteiger partial charge < -0.3 is 20.3 Å². The van der Waals surface area contributed by atoms with Gasteiger partial charge in [0.05, 0.1) is 45.8 Å². The molecule has 72 heavy (non-hydrogen) atoms. The van der Waals surface area contributed by atoms with E-state index in [1.807, 2.05) is 0 Å². The summed E-state index contributed by atoms with van der Waals surface area (Å²) in [6.07, 6.45) is -12.2. The van der Waals surface area contributed by atoms with Crippen molar-refractivity contribution in [2.45, 2.75) is 94.3 Å². The van der Waals surface area contributed by atoms with Crippen molar-refractivity contribution in [3.05, 3.63) is 98.7 Å². The molecule has 5 aromatic rings. The highest BCUT2D eigenvalue weighted by Crippen LogP contribution is 2.68. The lowest BCUT2D eigenvalue weighted by Crippen LogP contribution is -2.46. The van der Waals surface area contributed by atoms with Crippen LogP contribution in [0.1, 0.15) is 78.7 Å². The molecule has 7 rings (SSSR count). The third-order valence-corrected chi connectivity index (χ3v) is 14.8. The number of aromatic nitrogens is 5. The lowest BCUT2D eigenvalue weighted by molar-refractivity contribution is -0.143. The zero-order chi connectivity index (χ0) is 53.4. The highest BCUT2D eigenvalue weighted by Gasteiger charge is 2.68. The number of hydrogen-bond donors (Lipinski definition) is 3. The van der Waals surface area contributed by atoms with Gasteiger partial charge in [-0.05, 0) is 81.3 Å². The number of nitrogens with zero attached hydrogens (tertiary/aromatic N) is 6. The Kier molecular flexibility index (Phi) is 14.1. The molecule has 3 amide bonds. The van der Waals surface area contributed by atoms with Crippen LogP contribution < -0.4 is 10.6 Å². The van der Waals surface area contributed by atoms with Crippen molar-refractivity contribution < 1.29 is 80.6 Å². The summed E-state index contributed by atoms with van der Waals surface area (Å²) >= 11 is 3.07. The molecule has 0 bridgehead atoms. The van der Waals surface area contributed by atoms with Gasteiger partial charge in [-0.15, -0.1) is 0 Å². The van der Waals surface area contributed by atoms with Crippen molar-refractivity contribution in [1.82, 2.24) is 39.5 Å². The number of carboxylic acid groups (broad SMARTS) is 1. The highest BCUT2D eigenvalue weighted by atomic mass is 35.5. The predicted molar refractivity (Wildman–Crippen MR) is 233 cm³/mol. The Morgan fingerprint density at radius 3 is 2.24 bits per heavy atom. The predicted octanol–water partition coefficient (Wildman–Crippen LogP) is 7.07. The van der Waals surface area contributed by atoms with E-state index in [1.54, 1.807) is 5.32 Å². The van der Waals surface area contributed by atoms with Gasteiger partial charge in [-0.3, -0.25) is 27.5 Å². The van der Waals surface area contributed by atoms with Gasteiger partial charge in [-0.25, -0.2) is 27.0 Å². The van der Waals surface area contributed by atoms with Gasteiger partial charge in [0.2, 0.25) is 5.91 Å². The number of rotatable bonds is 14. The quantitative estimate of drug-likeness (QED) is 0.0580. The average Bonchev–Trinajstić information content (AvgIpc) is 3.75. The fourth-order valence-electron chi connectivity index (χ4n) is 8.26. The van der Waals surface area contributed by atoms with Crippen LogP contribution in [0.4, 0.5) is 48.7 Å². The molecular weight excluding hydrogens is 1050 g/mol. The Morgan fingerprint density at radius 2 is 1.65 bits per heavy atom. The highest BCUT2D eigenvalue weighted by molar-refractivity contribution is 7.92. The number of carbonyl (C=O) groups is 3. The van der Waals surface area contributed by atoms with E-state index < -0.39 is 168 Å². The molecular formula is C43H36ClF10N8O8S2-. The van der Waals surface area contributed by atoms with E-state index in [2.05, 4.69) is 32.3 Å². The molecule has 1 fully saturated rings. The van der Waals surface area contributed by atoms with E-state index in [-0.39, 0.29) is 37.8 Å². The van der Waals surface area contributed by atoms with E-state index in [4.69, 9.17) is 16.7 Å². The van der Waals surface area contributed by atoms with Gasteiger partial charge in [0.15, 0.2) is 15.5 Å². The molecule has 16 nitrogen and oxygen atoms in total. The number of sulfone groups is 1. The van der Waals surface area contributed by atoms with Gasteiger partial charge in [0.25, 0.3) is 11.8 Å². The lowest BCUT2D eigenvalue weighted by atomic mass is 9.93. The van der Waals surface area contributed by atoms with E-state index >= 15 is 8.78 Å². The summed E-state index contributed by atoms with van der Waals surface area (Å²) in [5.41, 5.74) is -6.35. The largest absolute Gasteiger partial charge is 0.755 e. The SMILES string of the molecule is CC(NC(=O)O)C(=O)N(Cc1nn(CC(F)(F)F)c2c(-c3ccc(C#CC(C)(C)S(C)(=O)=O)nc3C(Cc3cc(F)cc(F)c3)NC(=O)Cn3nc(C(F)(F)F)c4c3C(F)(F)[C@@H]3C[C@H]43)ccc(Cl)c12)S(=O)[O-]. The summed E-state index contributed by atoms with van der Waals surface area (Å²) < 4.78 is 195. The molecule has 3 unspecified atom stereocenters. The standard InChI is InChI=1S/C43H37ClF10N8O8S2/c1-19(55-39(65)66)38(64)62(71(67)68)16-30-33-28(44)8-7-25(35(33)61(58-30)18-41(47,48)49)24-6-5-23(9-10-40(2,3)72(4,69)70)56-34(24)29(13-20-11-21(45)14-22(46)12-20)57-31(63)17-60-37-32(36(59-60)43(52,53)54)26-15-27(26)42(37,50)51/h5-8,11-12,14,19,26-27,29,55H,13,15-18H2,1-4H3,(H,57,63)(H,65,66)(H,67,68)/p-1/t19?,26-,27+,29?/m0/s1. The van der Waals surface area contributed by atoms with Crippen LogP contribution in [0.15, 0.2) is 42.5 Å². The molecule has 0 saturated heterocycles. The number of halogens is 11. The number of nitrogens with one attached hydrogen (secondary N) is 2. The Balaban J connectivity index is 1.45. The summed E-state index contributed by atoms with van der Waals surface area (Å²) in [5.74, 6) is -6.52. The van der Waals surface area contributed by atoms with Gasteiger partial charge in [0.1, 0.15) is 46.9 Å². The van der Waals surface area contributed by atoms with Crippen LogP contribution in [-0.4, -0.2) is 92.3 Å². The molecule has 29 heteroatoms. The van der Waals surface area contributed by atoms with E-state index in [9.17, 15) is 66.7 Å². The summed E-state index contributed by atoms with van der Waals surface area (Å²) in [7, 11) is -3.91. The first-order valence-corrected chi connectivity index (χ1v) is 24.2. The second-order valence-corrected chi connectivity index (χ2v) is 21.3. The van der Waals surface area contributed by atoms with Crippen molar-refractivity contribution in [2.24, 2.45) is 5.92 Å². The first-order chi connectivity index (χ1) is 33.2. The molecule has 1 saturated carbocycles. The summed E-state index contributed by atoms with van der Waals surface area (Å²) in [6, 6.07) is 3.08. The monoisotopic (exact) mass is 1080 g/mol. The van der Waals surface area contributed by atoms with Crippen LogP contribution >= 0.6 is 11.6 Å². The van der Waals surface area contributed by atoms with Crippen molar-refractivity contribution in [2.75, 3.05) is 6.26 Å². The Hall–Kier alpha value is -6.31. The minimum absolute atomic E-state index is 0.0526. The van der Waals surface area contributed by atoms with Gasteiger partial charge in [-0.2, -0.15) is 45.3 Å². The van der Waals surface area contributed by atoms with Gasteiger partial charge in [0, 0.05) is 40.3 Å². The molecule has 3 heterocycles.